The molecule has 1 heterocycles. The number of hydrogen-bond acceptors (Lipinski definition) is 3. The first kappa shape index (κ1) is 21.9. The highest BCUT2D eigenvalue weighted by Gasteiger charge is 2.15. The summed E-state index contributed by atoms with van der Waals surface area (Å²) in [5, 5.41) is 4.04. The van der Waals surface area contributed by atoms with Gasteiger partial charge in [0.2, 0.25) is 5.91 Å². The monoisotopic (exact) mass is 429 g/mol. The number of carbonyl (C=O) groups is 1. The lowest BCUT2D eigenvalue weighted by molar-refractivity contribution is -0.116. The zero-order chi connectivity index (χ0) is 22.3. The van der Waals surface area contributed by atoms with Gasteiger partial charge in [0.15, 0.2) is 0 Å². The van der Waals surface area contributed by atoms with Crippen molar-refractivity contribution in [1.82, 2.24) is 5.32 Å². The molecule has 1 aromatic heterocycles. The van der Waals surface area contributed by atoms with Crippen LogP contribution in [0.3, 0.4) is 0 Å². The van der Waals surface area contributed by atoms with Crippen LogP contribution in [-0.4, -0.2) is 19.1 Å². The highest BCUT2D eigenvalue weighted by atomic mass is 16.5. The molecule has 166 valence electrons. The second kappa shape index (κ2) is 10.4. The van der Waals surface area contributed by atoms with Gasteiger partial charge < -0.3 is 14.5 Å². The number of nitrogens with one attached hydrogen (secondary N) is 1. The minimum absolute atomic E-state index is 0.0723. The van der Waals surface area contributed by atoms with E-state index in [9.17, 15) is 4.79 Å². The Morgan fingerprint density at radius 1 is 1.19 bits per heavy atom. The van der Waals surface area contributed by atoms with Crippen molar-refractivity contribution in [2.75, 3.05) is 13.2 Å². The Balaban J connectivity index is 1.57. The van der Waals surface area contributed by atoms with Crippen LogP contribution < -0.4 is 10.1 Å². The zero-order valence-corrected chi connectivity index (χ0v) is 18.9. The van der Waals surface area contributed by atoms with Crippen molar-refractivity contribution in [2.45, 2.75) is 46.0 Å². The second-order valence-corrected chi connectivity index (χ2v) is 8.27. The minimum Gasteiger partial charge on any atom is -0.493 e. The van der Waals surface area contributed by atoms with Crippen LogP contribution in [0.2, 0.25) is 0 Å². The molecule has 1 amide bonds. The summed E-state index contributed by atoms with van der Waals surface area (Å²) in [5.41, 5.74) is 6.14. The van der Waals surface area contributed by atoms with Gasteiger partial charge in [0.1, 0.15) is 11.3 Å². The van der Waals surface area contributed by atoms with Crippen LogP contribution in [0.1, 0.15) is 51.5 Å². The Morgan fingerprint density at radius 2 is 2.03 bits per heavy atom. The summed E-state index contributed by atoms with van der Waals surface area (Å²) in [5.74, 6) is 0.653. The third-order valence-electron chi connectivity index (χ3n) is 5.96. The van der Waals surface area contributed by atoms with E-state index in [0.717, 1.165) is 51.8 Å². The van der Waals surface area contributed by atoms with Gasteiger partial charge >= 0.3 is 0 Å². The van der Waals surface area contributed by atoms with Gasteiger partial charge in [-0.2, -0.15) is 0 Å². The predicted octanol–water partition coefficient (Wildman–Crippen LogP) is 6.91. The Kier molecular flexibility index (Phi) is 7.10. The van der Waals surface area contributed by atoms with Crippen molar-refractivity contribution < 1.29 is 13.9 Å². The van der Waals surface area contributed by atoms with Crippen LogP contribution >= 0.6 is 0 Å². The van der Waals surface area contributed by atoms with Crippen LogP contribution in [0, 0.1) is 0 Å². The summed E-state index contributed by atoms with van der Waals surface area (Å²) >= 11 is 0. The largest absolute Gasteiger partial charge is 0.493 e. The van der Waals surface area contributed by atoms with Gasteiger partial charge in [-0.15, -0.1) is 0 Å². The SMILES string of the molecule is CCOc1cc2occ(-c3ccccc3)c2cc1/C(C)=C/C(=O)NCCC1=CCCCC1. The van der Waals surface area contributed by atoms with Crippen LogP contribution in [0.4, 0.5) is 0 Å². The number of rotatable bonds is 8. The second-order valence-electron chi connectivity index (χ2n) is 8.27. The quantitative estimate of drug-likeness (QED) is 0.313. The molecule has 0 unspecified atom stereocenters. The van der Waals surface area contributed by atoms with Gasteiger partial charge in [0.05, 0.1) is 12.9 Å². The molecule has 32 heavy (non-hydrogen) atoms. The summed E-state index contributed by atoms with van der Waals surface area (Å²) in [6.07, 6.45) is 11.6. The lowest BCUT2D eigenvalue weighted by atomic mass is 9.97. The molecule has 1 aliphatic rings. The molecule has 2 aromatic carbocycles. The summed E-state index contributed by atoms with van der Waals surface area (Å²) in [7, 11) is 0. The van der Waals surface area contributed by atoms with Crippen LogP contribution in [0.15, 0.2) is 70.9 Å². The lowest BCUT2D eigenvalue weighted by Crippen LogP contribution is -2.23. The predicted molar refractivity (Wildman–Crippen MR) is 131 cm³/mol. The van der Waals surface area contributed by atoms with Crippen molar-refractivity contribution in [2.24, 2.45) is 0 Å². The van der Waals surface area contributed by atoms with Gasteiger partial charge in [0.25, 0.3) is 0 Å². The van der Waals surface area contributed by atoms with Gasteiger partial charge in [-0.1, -0.05) is 42.0 Å². The third kappa shape index (κ3) is 5.13. The van der Waals surface area contributed by atoms with Crippen molar-refractivity contribution in [3.05, 3.63) is 72.0 Å². The van der Waals surface area contributed by atoms with Crippen molar-refractivity contribution in [1.29, 1.82) is 0 Å². The van der Waals surface area contributed by atoms with Crippen LogP contribution in [-0.2, 0) is 4.79 Å². The molecular formula is C28H31NO3. The standard InChI is InChI=1S/C28H31NO3/c1-3-31-26-18-27-24(25(19-32-27)22-12-8-5-9-13-22)17-23(26)20(2)16-28(30)29-15-14-21-10-6-4-7-11-21/h5,8-10,12-13,16-19H,3-4,6-7,11,14-15H2,1-2H3,(H,29,30)/b20-16+. The first-order valence-electron chi connectivity index (χ1n) is 11.5. The molecule has 0 atom stereocenters. The molecule has 0 fully saturated rings. The van der Waals surface area contributed by atoms with Gasteiger partial charge in [-0.25, -0.2) is 0 Å². The molecule has 0 saturated carbocycles. The van der Waals surface area contributed by atoms with E-state index in [0.29, 0.717) is 13.2 Å². The molecule has 4 rings (SSSR count). The summed E-state index contributed by atoms with van der Waals surface area (Å²) < 4.78 is 11.7. The van der Waals surface area contributed by atoms with E-state index in [2.05, 4.69) is 29.6 Å². The maximum atomic E-state index is 12.6. The van der Waals surface area contributed by atoms with E-state index in [1.54, 1.807) is 12.3 Å². The summed E-state index contributed by atoms with van der Waals surface area (Å²) in [4.78, 5) is 12.6. The van der Waals surface area contributed by atoms with E-state index < -0.39 is 0 Å². The molecule has 0 saturated heterocycles. The third-order valence-corrected chi connectivity index (χ3v) is 5.96. The molecule has 0 aliphatic heterocycles. The Morgan fingerprint density at radius 3 is 2.78 bits per heavy atom. The maximum Gasteiger partial charge on any atom is 0.244 e. The van der Waals surface area contributed by atoms with E-state index >= 15 is 0 Å². The number of furan rings is 1. The van der Waals surface area contributed by atoms with Gasteiger partial charge in [0, 0.05) is 35.2 Å². The fourth-order valence-electron chi connectivity index (χ4n) is 4.28. The van der Waals surface area contributed by atoms with Crippen molar-refractivity contribution in [3.8, 4) is 16.9 Å². The van der Waals surface area contributed by atoms with Crippen molar-refractivity contribution in [3.63, 3.8) is 0 Å². The maximum absolute atomic E-state index is 12.6. The van der Waals surface area contributed by atoms with Gasteiger partial charge in [-0.3, -0.25) is 4.79 Å². The average Bonchev–Trinajstić information content (AvgIpc) is 3.23. The molecule has 0 radical (unpaired) electrons. The number of amides is 1. The van der Waals surface area contributed by atoms with Crippen LogP contribution in [0.5, 0.6) is 5.75 Å². The van der Waals surface area contributed by atoms with E-state index in [1.807, 2.05) is 38.1 Å². The Hall–Kier alpha value is -3.27. The number of fused-ring (bicyclic) bond motifs is 1. The number of allylic oxidation sites excluding steroid dienone is 2. The number of hydrogen-bond donors (Lipinski definition) is 1. The van der Waals surface area contributed by atoms with Gasteiger partial charge in [-0.05, 0) is 63.2 Å². The lowest BCUT2D eigenvalue weighted by Gasteiger charge is -2.13. The molecule has 1 N–H and O–H groups in total. The average molecular weight is 430 g/mol. The molecule has 1 aliphatic carbocycles. The number of ether oxygens (including phenoxy) is 1. The molecule has 3 aromatic rings. The van der Waals surface area contributed by atoms with Crippen LogP contribution in [0.25, 0.3) is 27.7 Å². The first-order valence-corrected chi connectivity index (χ1v) is 11.5. The van der Waals surface area contributed by atoms with E-state index in [4.69, 9.17) is 9.15 Å². The molecule has 0 bridgehead atoms. The molecule has 4 nitrogen and oxygen atoms in total. The number of benzene rings is 2. The number of carbonyl (C=O) groups excluding carboxylic acids is 1. The smallest absolute Gasteiger partial charge is 0.244 e. The highest BCUT2D eigenvalue weighted by Crippen LogP contribution is 2.37. The molecule has 4 heteroatoms. The minimum atomic E-state index is -0.0723. The highest BCUT2D eigenvalue weighted by molar-refractivity contribution is 6.00. The van der Waals surface area contributed by atoms with E-state index in [1.165, 1.54) is 24.8 Å². The Bertz CT molecular complexity index is 1140. The first-order chi connectivity index (χ1) is 15.7. The fourth-order valence-corrected chi connectivity index (χ4v) is 4.28. The topological polar surface area (TPSA) is 51.5 Å². The molecule has 0 spiro atoms. The fraction of sp³-hybridized carbons (Fsp3) is 0.321. The zero-order valence-electron chi connectivity index (χ0n) is 18.9. The Labute approximate surface area is 190 Å². The summed E-state index contributed by atoms with van der Waals surface area (Å²) in [6, 6.07) is 14.2. The molecular weight excluding hydrogens is 398 g/mol. The normalized spacial score (nSPS) is 14.3. The summed E-state index contributed by atoms with van der Waals surface area (Å²) in [6.45, 7) is 5.12. The van der Waals surface area contributed by atoms with E-state index in [-0.39, 0.29) is 5.91 Å². The van der Waals surface area contributed by atoms with Crippen molar-refractivity contribution >= 4 is 22.4 Å².